The van der Waals surface area contributed by atoms with Crippen LogP contribution < -0.4 is 5.32 Å². The molecule has 1 rings (SSSR count). The third-order valence-corrected chi connectivity index (χ3v) is 1.77. The number of carbonyl (C=O) groups excluding carboxylic acids is 1. The molecule has 0 heterocycles. The minimum absolute atomic E-state index is 0.0310. The minimum atomic E-state index is -0.0310. The van der Waals surface area contributed by atoms with Crippen LogP contribution in [0.25, 0.3) is 0 Å². The molecule has 1 aromatic rings. The fourth-order valence-corrected chi connectivity index (χ4v) is 1.24. The van der Waals surface area contributed by atoms with Crippen LogP contribution in [0.2, 0.25) is 0 Å². The average molecular weight is 176 g/mol. The summed E-state index contributed by atoms with van der Waals surface area (Å²) in [7, 11) is 0. The first-order valence-corrected chi connectivity index (χ1v) is 4.39. The van der Waals surface area contributed by atoms with Gasteiger partial charge in [0.25, 0.3) is 0 Å². The van der Waals surface area contributed by atoms with Gasteiger partial charge in [0.05, 0.1) is 0 Å². The number of nitrogens with one attached hydrogen (secondary N) is 1. The highest BCUT2D eigenvalue weighted by Crippen LogP contribution is 2.16. The van der Waals surface area contributed by atoms with Crippen LogP contribution >= 0.6 is 0 Å². The molecule has 0 saturated heterocycles. The second-order valence-corrected chi connectivity index (χ2v) is 2.94. The molecule has 0 aromatic heterocycles. The van der Waals surface area contributed by atoms with E-state index < -0.39 is 0 Å². The molecular weight excluding hydrogens is 162 g/mol. The van der Waals surface area contributed by atoms with Crippen LogP contribution in [0.1, 0.15) is 18.9 Å². The average Bonchev–Trinajstić information content (AvgIpc) is 2.08. The Bertz CT molecular complexity index is 294. The SMILES string of the molecule is [CH2]CCc1ccccc1NC(C)=O. The quantitative estimate of drug-likeness (QED) is 0.752. The van der Waals surface area contributed by atoms with Gasteiger partial charge < -0.3 is 5.32 Å². The van der Waals surface area contributed by atoms with E-state index in [9.17, 15) is 4.79 Å². The molecule has 0 bridgehead atoms. The Balaban J connectivity index is 2.84. The third-order valence-electron chi connectivity index (χ3n) is 1.77. The first-order valence-electron chi connectivity index (χ1n) is 4.39. The van der Waals surface area contributed by atoms with Gasteiger partial charge in [-0.25, -0.2) is 0 Å². The molecular formula is C11H14NO. The van der Waals surface area contributed by atoms with E-state index in [-0.39, 0.29) is 5.91 Å². The van der Waals surface area contributed by atoms with Gasteiger partial charge in [-0.2, -0.15) is 0 Å². The first-order chi connectivity index (χ1) is 6.24. The summed E-state index contributed by atoms with van der Waals surface area (Å²) in [4.78, 5) is 10.8. The Hall–Kier alpha value is -1.31. The van der Waals surface area contributed by atoms with E-state index in [0.717, 1.165) is 24.1 Å². The number of rotatable bonds is 3. The maximum absolute atomic E-state index is 10.8. The van der Waals surface area contributed by atoms with Crippen molar-refractivity contribution in [1.29, 1.82) is 0 Å². The molecule has 0 aliphatic heterocycles. The smallest absolute Gasteiger partial charge is 0.221 e. The highest BCUT2D eigenvalue weighted by molar-refractivity contribution is 5.89. The summed E-state index contributed by atoms with van der Waals surface area (Å²) >= 11 is 0. The van der Waals surface area contributed by atoms with Crippen LogP contribution in [-0.2, 0) is 11.2 Å². The fraction of sp³-hybridized carbons (Fsp3) is 0.273. The second kappa shape index (κ2) is 4.65. The fourth-order valence-electron chi connectivity index (χ4n) is 1.24. The first kappa shape index (κ1) is 9.78. The molecule has 0 saturated carbocycles. The van der Waals surface area contributed by atoms with Gasteiger partial charge in [0.2, 0.25) is 5.91 Å². The van der Waals surface area contributed by atoms with E-state index in [1.165, 1.54) is 6.92 Å². The summed E-state index contributed by atoms with van der Waals surface area (Å²) in [5.74, 6) is -0.0310. The Morgan fingerprint density at radius 1 is 1.46 bits per heavy atom. The molecule has 13 heavy (non-hydrogen) atoms. The van der Waals surface area contributed by atoms with Crippen LogP contribution in [0.5, 0.6) is 0 Å². The number of benzene rings is 1. The normalized spacial score (nSPS) is 9.69. The zero-order valence-electron chi connectivity index (χ0n) is 7.84. The van der Waals surface area contributed by atoms with Crippen molar-refractivity contribution < 1.29 is 4.79 Å². The van der Waals surface area contributed by atoms with Gasteiger partial charge in [-0.05, 0) is 24.5 Å². The molecule has 1 aromatic carbocycles. The number of carbonyl (C=O) groups is 1. The predicted molar refractivity (Wildman–Crippen MR) is 54.4 cm³/mol. The summed E-state index contributed by atoms with van der Waals surface area (Å²) in [6, 6.07) is 7.80. The molecule has 1 N–H and O–H groups in total. The van der Waals surface area contributed by atoms with E-state index in [2.05, 4.69) is 12.2 Å². The molecule has 69 valence electrons. The minimum Gasteiger partial charge on any atom is -0.326 e. The third kappa shape index (κ3) is 2.90. The lowest BCUT2D eigenvalue weighted by Gasteiger charge is -2.07. The molecule has 2 nitrogen and oxygen atoms in total. The summed E-state index contributed by atoms with van der Waals surface area (Å²) < 4.78 is 0. The lowest BCUT2D eigenvalue weighted by atomic mass is 10.1. The van der Waals surface area contributed by atoms with Gasteiger partial charge >= 0.3 is 0 Å². The van der Waals surface area contributed by atoms with Crippen LogP contribution in [0, 0.1) is 6.92 Å². The van der Waals surface area contributed by atoms with Gasteiger partial charge in [0.15, 0.2) is 0 Å². The predicted octanol–water partition coefficient (Wildman–Crippen LogP) is 2.41. The van der Waals surface area contributed by atoms with Crippen LogP contribution in [-0.4, -0.2) is 5.91 Å². The van der Waals surface area contributed by atoms with E-state index in [1.807, 2.05) is 24.3 Å². The van der Waals surface area contributed by atoms with Gasteiger partial charge in [-0.3, -0.25) is 4.79 Å². The van der Waals surface area contributed by atoms with E-state index >= 15 is 0 Å². The van der Waals surface area contributed by atoms with Crippen molar-refractivity contribution in [2.75, 3.05) is 5.32 Å². The van der Waals surface area contributed by atoms with Crippen molar-refractivity contribution in [2.24, 2.45) is 0 Å². The Morgan fingerprint density at radius 2 is 2.15 bits per heavy atom. The van der Waals surface area contributed by atoms with Crippen molar-refractivity contribution in [1.82, 2.24) is 0 Å². The standard InChI is InChI=1S/C11H14NO/c1-3-6-10-7-4-5-8-11(10)12-9(2)13/h4-5,7-8H,1,3,6H2,2H3,(H,12,13). The number of aryl methyl sites for hydroxylation is 1. The molecule has 1 amide bonds. The monoisotopic (exact) mass is 176 g/mol. The van der Waals surface area contributed by atoms with Crippen molar-refractivity contribution in [3.63, 3.8) is 0 Å². The van der Waals surface area contributed by atoms with Crippen molar-refractivity contribution in [2.45, 2.75) is 19.8 Å². The number of hydrogen-bond donors (Lipinski definition) is 1. The highest BCUT2D eigenvalue weighted by Gasteiger charge is 2.00. The van der Waals surface area contributed by atoms with Crippen molar-refractivity contribution in [3.05, 3.63) is 36.8 Å². The van der Waals surface area contributed by atoms with Gasteiger partial charge in [-0.1, -0.05) is 25.1 Å². The van der Waals surface area contributed by atoms with E-state index in [0.29, 0.717) is 0 Å². The lowest BCUT2D eigenvalue weighted by Crippen LogP contribution is -2.07. The van der Waals surface area contributed by atoms with Crippen LogP contribution in [0.4, 0.5) is 5.69 Å². The summed E-state index contributed by atoms with van der Waals surface area (Å²) in [6.45, 7) is 5.30. The zero-order chi connectivity index (χ0) is 9.68. The van der Waals surface area contributed by atoms with Gasteiger partial charge in [-0.15, -0.1) is 0 Å². The molecule has 0 fully saturated rings. The molecule has 1 radical (unpaired) electrons. The number of amides is 1. The highest BCUT2D eigenvalue weighted by atomic mass is 16.1. The summed E-state index contributed by atoms with van der Waals surface area (Å²) in [5.41, 5.74) is 2.05. The number of hydrogen-bond acceptors (Lipinski definition) is 1. The van der Waals surface area contributed by atoms with Crippen LogP contribution in [0.15, 0.2) is 24.3 Å². The maximum Gasteiger partial charge on any atom is 0.221 e. The largest absolute Gasteiger partial charge is 0.326 e. The molecule has 0 aliphatic carbocycles. The molecule has 2 heteroatoms. The van der Waals surface area contributed by atoms with Gasteiger partial charge in [0, 0.05) is 12.6 Å². The molecule has 0 unspecified atom stereocenters. The van der Waals surface area contributed by atoms with Crippen molar-refractivity contribution in [3.8, 4) is 0 Å². The zero-order valence-corrected chi connectivity index (χ0v) is 7.84. The Kier molecular flexibility index (Phi) is 3.50. The molecule has 0 aliphatic rings. The summed E-state index contributed by atoms with van der Waals surface area (Å²) in [6.07, 6.45) is 1.74. The number of anilines is 1. The molecule has 0 spiro atoms. The molecule has 0 atom stereocenters. The maximum atomic E-state index is 10.8. The van der Waals surface area contributed by atoms with Gasteiger partial charge in [0.1, 0.15) is 0 Å². The second-order valence-electron chi connectivity index (χ2n) is 2.94. The number of para-hydroxylation sites is 1. The Morgan fingerprint density at radius 3 is 2.77 bits per heavy atom. The van der Waals surface area contributed by atoms with Crippen LogP contribution in [0.3, 0.4) is 0 Å². The lowest BCUT2D eigenvalue weighted by molar-refractivity contribution is -0.114. The Labute approximate surface area is 79.0 Å². The van der Waals surface area contributed by atoms with E-state index in [4.69, 9.17) is 0 Å². The van der Waals surface area contributed by atoms with E-state index in [1.54, 1.807) is 0 Å². The summed E-state index contributed by atoms with van der Waals surface area (Å²) in [5, 5.41) is 2.79. The van der Waals surface area contributed by atoms with Crippen molar-refractivity contribution >= 4 is 11.6 Å². The topological polar surface area (TPSA) is 29.1 Å².